The number of aromatic nitrogens is 2. The summed E-state index contributed by atoms with van der Waals surface area (Å²) in [4.78, 5) is 17.0. The Balaban J connectivity index is 1.36. The zero-order chi connectivity index (χ0) is 17.9. The molecule has 26 heavy (non-hydrogen) atoms. The summed E-state index contributed by atoms with van der Waals surface area (Å²) in [5.74, 6) is 0.691. The van der Waals surface area contributed by atoms with Crippen molar-refractivity contribution in [1.29, 1.82) is 0 Å². The Hall–Kier alpha value is -1.92. The molecule has 2 atom stereocenters. The Kier molecular flexibility index (Phi) is 5.22. The smallest absolute Gasteiger partial charge is 0.226 e. The highest BCUT2D eigenvalue weighted by atomic mass is 16.5. The van der Waals surface area contributed by atoms with E-state index in [1.165, 1.54) is 19.3 Å². The van der Waals surface area contributed by atoms with Crippen molar-refractivity contribution in [2.75, 3.05) is 19.8 Å². The van der Waals surface area contributed by atoms with Crippen LogP contribution >= 0.6 is 0 Å². The zero-order valence-electron chi connectivity index (χ0n) is 15.3. The van der Waals surface area contributed by atoms with Gasteiger partial charge in [-0.25, -0.2) is 4.98 Å². The third kappa shape index (κ3) is 3.76. The molecule has 0 aromatic carbocycles. The fraction of sp³-hybridized carbons (Fsp3) is 0.600. The average molecular weight is 357 g/mol. The minimum absolute atomic E-state index is 0.0129. The quantitative estimate of drug-likeness (QED) is 0.861. The molecule has 6 nitrogen and oxygen atoms in total. The zero-order valence-corrected chi connectivity index (χ0v) is 15.3. The molecule has 1 aliphatic heterocycles. The minimum Gasteiger partial charge on any atom is -0.379 e. The molecule has 0 spiro atoms. The van der Waals surface area contributed by atoms with Crippen LogP contribution in [-0.2, 0) is 20.7 Å². The molecule has 1 saturated heterocycles. The maximum absolute atomic E-state index is 12.6. The number of nitrogens with one attached hydrogen (secondary N) is 1. The lowest BCUT2D eigenvalue weighted by molar-refractivity contribution is -0.126. The summed E-state index contributed by atoms with van der Waals surface area (Å²) in [5, 5.41) is 3.12. The normalized spacial score (nSPS) is 23.7. The second-order valence-electron chi connectivity index (χ2n) is 7.52. The van der Waals surface area contributed by atoms with Crippen LogP contribution in [-0.4, -0.2) is 47.3 Å². The molecule has 0 bridgehead atoms. The summed E-state index contributed by atoms with van der Waals surface area (Å²) in [5.41, 5.74) is 2.90. The molecular weight excluding hydrogens is 330 g/mol. The summed E-state index contributed by atoms with van der Waals surface area (Å²) in [6, 6.07) is 3.93. The first kappa shape index (κ1) is 17.5. The van der Waals surface area contributed by atoms with Gasteiger partial charge in [0.2, 0.25) is 5.91 Å². The van der Waals surface area contributed by atoms with Crippen LogP contribution in [0.15, 0.2) is 24.5 Å². The van der Waals surface area contributed by atoms with Gasteiger partial charge in [-0.15, -0.1) is 0 Å². The number of carbonyl (C=O) groups is 1. The van der Waals surface area contributed by atoms with E-state index in [0.717, 1.165) is 29.9 Å². The molecule has 140 valence electrons. The lowest BCUT2D eigenvalue weighted by atomic mass is 9.86. The van der Waals surface area contributed by atoms with Crippen LogP contribution in [0.5, 0.6) is 0 Å². The number of hydrogen-bond donors (Lipinski definition) is 1. The number of pyridine rings is 1. The van der Waals surface area contributed by atoms with Gasteiger partial charge in [-0.1, -0.05) is 12.5 Å². The van der Waals surface area contributed by atoms with Crippen molar-refractivity contribution < 1.29 is 14.3 Å². The van der Waals surface area contributed by atoms with Gasteiger partial charge in [0, 0.05) is 25.6 Å². The van der Waals surface area contributed by atoms with Gasteiger partial charge in [0.05, 0.1) is 30.9 Å². The molecule has 2 aromatic rings. The number of nitrogens with zero attached hydrogens (tertiary/aromatic N) is 2. The van der Waals surface area contributed by atoms with Gasteiger partial charge in [0.1, 0.15) is 5.65 Å². The molecule has 0 unspecified atom stereocenters. The molecule has 1 saturated carbocycles. The number of ether oxygens (including phenoxy) is 2. The Morgan fingerprint density at radius 1 is 1.42 bits per heavy atom. The first-order chi connectivity index (χ1) is 12.7. The van der Waals surface area contributed by atoms with Gasteiger partial charge in [0.15, 0.2) is 0 Å². The van der Waals surface area contributed by atoms with Crippen molar-refractivity contribution in [2.24, 2.45) is 5.92 Å². The number of fused-ring (bicyclic) bond motifs is 1. The van der Waals surface area contributed by atoms with E-state index in [9.17, 15) is 4.79 Å². The Morgan fingerprint density at radius 3 is 3.12 bits per heavy atom. The van der Waals surface area contributed by atoms with Gasteiger partial charge in [0.25, 0.3) is 0 Å². The van der Waals surface area contributed by atoms with E-state index >= 15 is 0 Å². The summed E-state index contributed by atoms with van der Waals surface area (Å²) < 4.78 is 13.7. The first-order valence-corrected chi connectivity index (χ1v) is 9.61. The van der Waals surface area contributed by atoms with Gasteiger partial charge >= 0.3 is 0 Å². The average Bonchev–Trinajstić information content (AvgIpc) is 2.99. The summed E-state index contributed by atoms with van der Waals surface area (Å²) in [7, 11) is 0. The van der Waals surface area contributed by atoms with Crippen LogP contribution in [0.1, 0.15) is 36.9 Å². The molecule has 0 radical (unpaired) electrons. The second-order valence-corrected chi connectivity index (χ2v) is 7.52. The molecule has 2 fully saturated rings. The molecule has 4 rings (SSSR count). The Morgan fingerprint density at radius 2 is 2.31 bits per heavy atom. The first-order valence-electron chi connectivity index (χ1n) is 9.61. The number of carbonyl (C=O) groups excluding carboxylic acids is 1. The molecule has 1 aliphatic carbocycles. The second kappa shape index (κ2) is 7.76. The maximum atomic E-state index is 12.6. The molecule has 1 N–H and O–H groups in total. The lowest BCUT2D eigenvalue weighted by Crippen LogP contribution is -2.51. The summed E-state index contributed by atoms with van der Waals surface area (Å²) in [6.07, 6.45) is 8.79. The van der Waals surface area contributed by atoms with Crippen molar-refractivity contribution in [1.82, 2.24) is 14.7 Å². The minimum atomic E-state index is -0.0720. The SMILES string of the molecule is Cc1cccn2c(CC(=O)N[C@@H]3COCC[C@@H]3OCC3CCC3)cnc12. The van der Waals surface area contributed by atoms with Gasteiger partial charge in [-0.3, -0.25) is 4.79 Å². The highest BCUT2D eigenvalue weighted by Crippen LogP contribution is 2.27. The molecular formula is C20H27N3O3. The van der Waals surface area contributed by atoms with Gasteiger partial charge in [-0.2, -0.15) is 0 Å². The van der Waals surface area contributed by atoms with Crippen LogP contribution in [0.2, 0.25) is 0 Å². The van der Waals surface area contributed by atoms with Crippen LogP contribution < -0.4 is 5.32 Å². The van der Waals surface area contributed by atoms with Crippen molar-refractivity contribution in [2.45, 2.75) is 51.2 Å². The molecule has 3 heterocycles. The largest absolute Gasteiger partial charge is 0.379 e. The van der Waals surface area contributed by atoms with E-state index in [-0.39, 0.29) is 18.1 Å². The number of hydrogen-bond acceptors (Lipinski definition) is 4. The topological polar surface area (TPSA) is 64.9 Å². The van der Waals surface area contributed by atoms with E-state index in [0.29, 0.717) is 25.6 Å². The monoisotopic (exact) mass is 357 g/mol. The van der Waals surface area contributed by atoms with Crippen LogP contribution in [0.4, 0.5) is 0 Å². The summed E-state index contributed by atoms with van der Waals surface area (Å²) in [6.45, 7) is 4.06. The number of rotatable bonds is 6. The van der Waals surface area contributed by atoms with Crippen LogP contribution in [0.25, 0.3) is 5.65 Å². The van der Waals surface area contributed by atoms with Gasteiger partial charge in [-0.05, 0) is 43.7 Å². The highest BCUT2D eigenvalue weighted by molar-refractivity contribution is 5.78. The molecule has 2 aromatic heterocycles. The highest BCUT2D eigenvalue weighted by Gasteiger charge is 2.29. The molecule has 1 amide bonds. The fourth-order valence-electron chi connectivity index (χ4n) is 3.73. The van der Waals surface area contributed by atoms with E-state index in [1.807, 2.05) is 29.7 Å². The van der Waals surface area contributed by atoms with E-state index in [4.69, 9.17) is 9.47 Å². The summed E-state index contributed by atoms with van der Waals surface area (Å²) >= 11 is 0. The van der Waals surface area contributed by atoms with E-state index < -0.39 is 0 Å². The number of amides is 1. The van der Waals surface area contributed by atoms with Crippen LogP contribution in [0.3, 0.4) is 0 Å². The van der Waals surface area contributed by atoms with E-state index in [2.05, 4.69) is 10.3 Å². The predicted molar refractivity (Wildman–Crippen MR) is 98.1 cm³/mol. The van der Waals surface area contributed by atoms with Crippen molar-refractivity contribution in [3.63, 3.8) is 0 Å². The van der Waals surface area contributed by atoms with Crippen molar-refractivity contribution in [3.05, 3.63) is 35.8 Å². The Bertz CT molecular complexity index is 769. The van der Waals surface area contributed by atoms with E-state index in [1.54, 1.807) is 6.20 Å². The molecule has 6 heteroatoms. The van der Waals surface area contributed by atoms with Crippen molar-refractivity contribution in [3.8, 4) is 0 Å². The third-order valence-electron chi connectivity index (χ3n) is 5.56. The van der Waals surface area contributed by atoms with Crippen molar-refractivity contribution >= 4 is 11.6 Å². The predicted octanol–water partition coefficient (Wildman–Crippen LogP) is 2.28. The number of aryl methyl sites for hydroxylation is 1. The Labute approximate surface area is 153 Å². The third-order valence-corrected chi connectivity index (χ3v) is 5.56. The lowest BCUT2D eigenvalue weighted by Gasteiger charge is -2.34. The fourth-order valence-corrected chi connectivity index (χ4v) is 3.73. The number of imidazole rings is 1. The van der Waals surface area contributed by atoms with Gasteiger partial charge < -0.3 is 19.2 Å². The molecule has 2 aliphatic rings. The van der Waals surface area contributed by atoms with Crippen LogP contribution in [0, 0.1) is 12.8 Å². The maximum Gasteiger partial charge on any atom is 0.226 e. The standard InChI is InChI=1S/C20H27N3O3/c1-14-4-3-8-23-16(11-21-20(14)23)10-19(24)22-17-13-25-9-7-18(17)26-12-15-5-2-6-15/h3-4,8,11,15,17-18H,2,5-7,9-10,12-13H2,1H3,(H,22,24)/t17-,18+/m1/s1.